The molecule has 33 heavy (non-hydrogen) atoms. The van der Waals surface area contributed by atoms with Gasteiger partial charge in [0, 0.05) is 28.6 Å². The SMILES string of the molecule is COc1ccc(-c2cc(=S)ss2)cc1.Cc1c(-c2cnccn2)ssc1=S.S=c1ccss1.[2H][2H].[2H][3H]. The van der Waals surface area contributed by atoms with Crippen molar-refractivity contribution in [1.29, 1.82) is 0 Å². The molecule has 0 saturated heterocycles. The largest absolute Gasteiger partial charge is 0.497 e. The van der Waals surface area contributed by atoms with E-state index in [0.717, 1.165) is 33.4 Å². The molecule has 3 nitrogen and oxygen atoms in total. The minimum atomic E-state index is 0.882. The molecule has 12 heteroatoms. The molecule has 0 aliphatic heterocycles. The number of rotatable bonds is 3. The molecule has 0 N–H and O–H groups in total. The molecular formula is C21H20N2OS9. The number of aromatic nitrogens is 2. The van der Waals surface area contributed by atoms with Gasteiger partial charge in [0.1, 0.15) is 17.2 Å². The summed E-state index contributed by atoms with van der Waals surface area (Å²) in [7, 11) is 11.6. The van der Waals surface area contributed by atoms with Gasteiger partial charge in [-0.05, 0) is 54.4 Å². The van der Waals surface area contributed by atoms with Crippen LogP contribution < -0.4 is 4.74 Å². The van der Waals surface area contributed by atoms with E-state index in [4.69, 9.17) is 47.3 Å². The van der Waals surface area contributed by atoms with E-state index in [1.54, 1.807) is 87.7 Å². The van der Waals surface area contributed by atoms with E-state index in [1.165, 1.54) is 10.4 Å². The molecule has 1 aromatic carbocycles. The highest BCUT2D eigenvalue weighted by atomic mass is 32.9. The van der Waals surface area contributed by atoms with Crippen molar-refractivity contribution < 1.29 is 10.7 Å². The Morgan fingerprint density at radius 2 is 1.76 bits per heavy atom. The molecule has 4 aromatic heterocycles. The predicted molar refractivity (Wildman–Crippen MR) is 161 cm³/mol. The van der Waals surface area contributed by atoms with Crippen molar-refractivity contribution in [3.8, 4) is 26.8 Å². The Labute approximate surface area is 235 Å². The van der Waals surface area contributed by atoms with Gasteiger partial charge < -0.3 is 4.74 Å². The number of methoxy groups -OCH3 is 1. The van der Waals surface area contributed by atoms with Crippen LogP contribution in [0.4, 0.5) is 0 Å². The maximum absolute atomic E-state index is 5.15. The van der Waals surface area contributed by atoms with E-state index in [2.05, 4.69) is 9.97 Å². The van der Waals surface area contributed by atoms with Crippen LogP contribution in [0.1, 0.15) is 11.5 Å². The highest BCUT2D eigenvalue weighted by molar-refractivity contribution is 7.80. The van der Waals surface area contributed by atoms with Gasteiger partial charge >= 0.3 is 0 Å². The van der Waals surface area contributed by atoms with Crippen LogP contribution in [0.2, 0.25) is 0 Å². The van der Waals surface area contributed by atoms with E-state index in [9.17, 15) is 0 Å². The second kappa shape index (κ2) is 13.7. The number of ether oxygens (including phenoxy) is 1. The molecule has 0 amide bonds. The number of nitrogens with zero attached hydrogens (tertiary/aromatic N) is 2. The van der Waals surface area contributed by atoms with Crippen LogP contribution in [0.15, 0.2) is 60.4 Å². The summed E-state index contributed by atoms with van der Waals surface area (Å²) < 4.78 is 28.0. The topological polar surface area (TPSA) is 35.0 Å². The zero-order chi connectivity index (χ0) is 27.6. The molecule has 5 aromatic rings. The first-order valence-electron chi connectivity index (χ1n) is 11.1. The summed E-state index contributed by atoms with van der Waals surface area (Å²) >= 11 is 15.0. The quantitative estimate of drug-likeness (QED) is 0.150. The van der Waals surface area contributed by atoms with Crippen molar-refractivity contribution in [2.24, 2.45) is 0 Å². The fourth-order valence-electron chi connectivity index (χ4n) is 2.26. The maximum atomic E-state index is 5.15. The van der Waals surface area contributed by atoms with Crippen LogP contribution in [0.5, 0.6) is 5.75 Å². The first-order valence-corrected chi connectivity index (χ1v) is 16.9. The van der Waals surface area contributed by atoms with E-state index in [-0.39, 0.29) is 0 Å². The molecule has 0 spiro atoms. The molecule has 0 saturated carbocycles. The van der Waals surface area contributed by atoms with Gasteiger partial charge in [-0.3, -0.25) is 9.97 Å². The minimum absolute atomic E-state index is 0.882. The van der Waals surface area contributed by atoms with Gasteiger partial charge in [0.2, 0.25) is 0 Å². The van der Waals surface area contributed by atoms with Crippen molar-refractivity contribution >= 4 is 98.7 Å². The lowest BCUT2D eigenvalue weighted by Crippen LogP contribution is -1.82. The Bertz CT molecular complexity index is 1420. The fourth-order valence-corrected chi connectivity index (χ4v) is 9.33. The number of hydrogen-bond donors (Lipinski definition) is 0. The number of benzene rings is 1. The van der Waals surface area contributed by atoms with Crippen molar-refractivity contribution in [1.82, 2.24) is 9.97 Å². The Morgan fingerprint density at radius 3 is 2.21 bits per heavy atom. The van der Waals surface area contributed by atoms with Crippen LogP contribution in [-0.4, -0.2) is 17.1 Å². The second-order valence-corrected chi connectivity index (χ2v) is 14.6. The van der Waals surface area contributed by atoms with E-state index >= 15 is 0 Å². The second-order valence-electron chi connectivity index (χ2n) is 6.02. The van der Waals surface area contributed by atoms with Crippen molar-refractivity contribution in [2.75, 3.05) is 7.11 Å². The van der Waals surface area contributed by atoms with Crippen molar-refractivity contribution in [3.05, 3.63) is 77.4 Å². The molecule has 0 aliphatic carbocycles. The number of hydrogen-bond acceptors (Lipinski definition) is 12. The summed E-state index contributed by atoms with van der Waals surface area (Å²) in [5.41, 5.74) is 3.26. The van der Waals surface area contributed by atoms with Gasteiger partial charge in [0.05, 0.1) is 23.9 Å². The molecule has 0 aliphatic rings. The van der Waals surface area contributed by atoms with E-state index in [1.807, 2.05) is 48.7 Å². The highest BCUT2D eigenvalue weighted by Gasteiger charge is 2.06. The monoisotopic (exact) mass is 609 g/mol. The van der Waals surface area contributed by atoms with E-state index < -0.39 is 0 Å². The Kier molecular flexibility index (Phi) is 9.82. The van der Waals surface area contributed by atoms with Crippen LogP contribution in [0.3, 0.4) is 0 Å². The maximum Gasteiger partial charge on any atom is 0.118 e. The summed E-state index contributed by atoms with van der Waals surface area (Å²) in [5.74, 6) is 0.882. The van der Waals surface area contributed by atoms with Gasteiger partial charge in [-0.2, -0.15) is 0 Å². The van der Waals surface area contributed by atoms with Gasteiger partial charge in [-0.15, -0.1) is 0 Å². The third kappa shape index (κ3) is 8.26. The zero-order valence-corrected chi connectivity index (χ0v) is 24.6. The lowest BCUT2D eigenvalue weighted by molar-refractivity contribution is 0.415. The fraction of sp³-hybridized carbons (Fsp3) is 0.0952. The average molecular weight is 610 g/mol. The van der Waals surface area contributed by atoms with Gasteiger partial charge in [0.15, 0.2) is 0 Å². The third-order valence-electron chi connectivity index (χ3n) is 3.87. The molecule has 0 unspecified atom stereocenters. The third-order valence-corrected chi connectivity index (χ3v) is 12.6. The smallest absolute Gasteiger partial charge is 0.118 e. The van der Waals surface area contributed by atoms with Crippen LogP contribution in [0, 0.1) is 18.4 Å². The predicted octanol–water partition coefficient (Wildman–Crippen LogP) is 10.6. The molecule has 0 atom stereocenters. The molecule has 4 heterocycles. The summed E-state index contributed by atoms with van der Waals surface area (Å²) in [6, 6.07) is 12.0. The normalized spacial score (nSPS) is 10.4. The summed E-state index contributed by atoms with van der Waals surface area (Å²) in [6.45, 7) is 2.03. The lowest BCUT2D eigenvalue weighted by Gasteiger charge is -2.00. The van der Waals surface area contributed by atoms with Crippen LogP contribution >= 0.6 is 98.7 Å². The summed E-state index contributed by atoms with van der Waals surface area (Å²) in [4.78, 5) is 10.6. The van der Waals surface area contributed by atoms with E-state index in [0.29, 0.717) is 0 Å². The Hall–Kier alpha value is -1.09. The van der Waals surface area contributed by atoms with Crippen LogP contribution in [0.25, 0.3) is 21.0 Å². The molecule has 174 valence electrons. The molecule has 0 radical (unpaired) electrons. The lowest BCUT2D eigenvalue weighted by atomic mass is 10.2. The van der Waals surface area contributed by atoms with Gasteiger partial charge in [0.25, 0.3) is 0 Å². The first kappa shape index (κ1) is 23.6. The summed E-state index contributed by atoms with van der Waals surface area (Å²) in [5, 5.41) is 1.99. The molecule has 5 rings (SSSR count). The minimum Gasteiger partial charge on any atom is -0.497 e. The molecule has 0 bridgehead atoms. The Morgan fingerprint density at radius 1 is 0.970 bits per heavy atom. The van der Waals surface area contributed by atoms with Gasteiger partial charge in [-0.25, -0.2) is 0 Å². The zero-order valence-electron chi connectivity index (χ0n) is 21.3. The van der Waals surface area contributed by atoms with Gasteiger partial charge in [-0.1, -0.05) is 98.7 Å². The standard InChI is InChI=1S/C10H8OS3.C8H6N2S3.C3H2S3.2H2/c1-11-8-4-2-7(3-5-8)9-6-10(12)14-13-9;1-5-7(12-13-8(5)11)6-4-9-2-3-10-6;4-3-1-2-5-6-3;;/h2-6H,1H3;2-4H,1H3;1-2H;2*1H/i;;;1+2D;1+1D. The summed E-state index contributed by atoms with van der Waals surface area (Å²) in [6.07, 6.45) is 5.13. The average Bonchev–Trinajstić information content (AvgIpc) is 3.70. The van der Waals surface area contributed by atoms with Crippen molar-refractivity contribution in [3.63, 3.8) is 0 Å². The first-order chi connectivity index (χ1) is 18.0. The molecular weight excluding hydrogens is 585 g/mol. The Balaban J connectivity index is 0.000000275. The van der Waals surface area contributed by atoms with Crippen LogP contribution in [-0.2, 0) is 0 Å². The molecule has 0 fully saturated rings. The highest BCUT2D eigenvalue weighted by Crippen LogP contribution is 2.32. The van der Waals surface area contributed by atoms with Crippen molar-refractivity contribution in [2.45, 2.75) is 6.92 Å².